The van der Waals surface area contributed by atoms with E-state index in [1.54, 1.807) is 0 Å². The van der Waals surface area contributed by atoms with E-state index in [0.29, 0.717) is 12.5 Å². The summed E-state index contributed by atoms with van der Waals surface area (Å²) in [6.45, 7) is 11.1. The molecule has 0 bridgehead atoms. The molecule has 0 aliphatic carbocycles. The highest BCUT2D eigenvalue weighted by atomic mass is 16.7. The van der Waals surface area contributed by atoms with Gasteiger partial charge in [0.25, 0.3) is 0 Å². The third kappa shape index (κ3) is 10.4. The predicted octanol–water partition coefficient (Wildman–Crippen LogP) is 6.52. The fraction of sp³-hybridized carbons (Fsp3) is 0.833. The van der Waals surface area contributed by atoms with Crippen LogP contribution in [-0.2, 0) is 28.5 Å². The van der Waals surface area contributed by atoms with Crippen LogP contribution in [0.4, 0.5) is 0 Å². The largest absolute Gasteiger partial charge is 0.376 e. The first-order valence-corrected chi connectivity index (χ1v) is 14.4. The van der Waals surface area contributed by atoms with Crippen LogP contribution < -0.4 is 0 Å². The van der Waals surface area contributed by atoms with Gasteiger partial charge in [0.05, 0.1) is 18.8 Å². The molecule has 0 spiro atoms. The van der Waals surface area contributed by atoms with Gasteiger partial charge in [-0.3, -0.25) is 4.79 Å². The number of carbonyl (C=O) groups is 1. The Morgan fingerprint density at radius 2 is 1.53 bits per heavy atom. The number of hydrogen-bond donors (Lipinski definition) is 0. The Hall–Kier alpha value is -1.05. The zero-order valence-corrected chi connectivity index (χ0v) is 23.2. The molecule has 206 valence electrons. The van der Waals surface area contributed by atoms with Crippen LogP contribution in [0.3, 0.4) is 0 Å². The van der Waals surface area contributed by atoms with Crippen LogP contribution in [0.1, 0.15) is 98.3 Å². The maximum absolute atomic E-state index is 13.4. The molecule has 3 aliphatic heterocycles. The molecular weight excluding hydrogens is 456 g/mol. The van der Waals surface area contributed by atoms with Crippen LogP contribution >= 0.6 is 0 Å². The summed E-state index contributed by atoms with van der Waals surface area (Å²) < 4.78 is 30.0. The van der Waals surface area contributed by atoms with E-state index in [1.165, 1.54) is 6.42 Å². The highest BCUT2D eigenvalue weighted by Crippen LogP contribution is 2.29. The first-order chi connectivity index (χ1) is 17.4. The van der Waals surface area contributed by atoms with Crippen molar-refractivity contribution in [2.45, 2.75) is 123 Å². The molecule has 0 saturated carbocycles. The topological polar surface area (TPSA) is 63.2 Å². The van der Waals surface area contributed by atoms with Gasteiger partial charge in [0.1, 0.15) is 0 Å². The smallest absolute Gasteiger partial charge is 0.165 e. The zero-order valence-electron chi connectivity index (χ0n) is 23.2. The summed E-state index contributed by atoms with van der Waals surface area (Å²) >= 11 is 0. The van der Waals surface area contributed by atoms with E-state index in [1.807, 2.05) is 26.0 Å². The molecule has 0 radical (unpaired) electrons. The summed E-state index contributed by atoms with van der Waals surface area (Å²) in [4.78, 5) is 13.4. The minimum atomic E-state index is -0.149. The predicted molar refractivity (Wildman–Crippen MR) is 142 cm³/mol. The van der Waals surface area contributed by atoms with Gasteiger partial charge in [-0.15, -0.1) is 0 Å². The highest BCUT2D eigenvalue weighted by molar-refractivity contribution is 5.99. The van der Waals surface area contributed by atoms with Gasteiger partial charge in [-0.05, 0) is 96.5 Å². The lowest BCUT2D eigenvalue weighted by atomic mass is 9.86. The normalized spacial score (nSPS) is 29.7. The van der Waals surface area contributed by atoms with Gasteiger partial charge in [-0.1, -0.05) is 25.5 Å². The van der Waals surface area contributed by atoms with Crippen molar-refractivity contribution in [3.05, 3.63) is 23.3 Å². The number of hydrogen-bond acceptors (Lipinski definition) is 6. The molecule has 0 aromatic heterocycles. The van der Waals surface area contributed by atoms with E-state index in [9.17, 15) is 4.79 Å². The van der Waals surface area contributed by atoms with E-state index in [2.05, 4.69) is 13.8 Å². The highest BCUT2D eigenvalue weighted by Gasteiger charge is 2.31. The van der Waals surface area contributed by atoms with Crippen LogP contribution in [0.5, 0.6) is 0 Å². The van der Waals surface area contributed by atoms with Gasteiger partial charge in [-0.2, -0.15) is 0 Å². The molecular formula is C30H50O6. The van der Waals surface area contributed by atoms with Gasteiger partial charge in [0, 0.05) is 31.3 Å². The Bertz CT molecular complexity index is 700. The van der Waals surface area contributed by atoms with E-state index in [4.69, 9.17) is 23.7 Å². The lowest BCUT2D eigenvalue weighted by Gasteiger charge is -2.32. The number of Topliss-reactive ketones (excluding diaryl/α,β-unsaturated/α-hetero) is 1. The molecule has 5 unspecified atom stereocenters. The van der Waals surface area contributed by atoms with E-state index in [0.717, 1.165) is 95.2 Å². The van der Waals surface area contributed by atoms with Crippen LogP contribution in [0, 0.1) is 11.8 Å². The van der Waals surface area contributed by atoms with Gasteiger partial charge in [0.15, 0.2) is 18.4 Å². The second-order valence-corrected chi connectivity index (χ2v) is 11.2. The average molecular weight is 507 g/mol. The summed E-state index contributed by atoms with van der Waals surface area (Å²) in [5.41, 5.74) is 1.85. The first kappa shape index (κ1) is 29.5. The molecule has 3 saturated heterocycles. The molecule has 3 heterocycles. The molecule has 6 nitrogen and oxygen atoms in total. The summed E-state index contributed by atoms with van der Waals surface area (Å²) in [5.74, 6) is 0.464. The molecule has 6 heteroatoms. The fourth-order valence-corrected chi connectivity index (χ4v) is 5.48. The molecule has 3 aliphatic rings. The van der Waals surface area contributed by atoms with Crippen LogP contribution in [0.15, 0.2) is 23.3 Å². The average Bonchev–Trinajstić information content (AvgIpc) is 3.08. The number of carbonyl (C=O) groups excluding carboxylic acids is 1. The van der Waals surface area contributed by atoms with Crippen LogP contribution in [0.2, 0.25) is 0 Å². The van der Waals surface area contributed by atoms with Crippen molar-refractivity contribution >= 4 is 5.78 Å². The quantitative estimate of drug-likeness (QED) is 0.222. The second-order valence-electron chi connectivity index (χ2n) is 11.2. The summed E-state index contributed by atoms with van der Waals surface area (Å²) in [6.07, 6.45) is 15.2. The van der Waals surface area contributed by atoms with Crippen LogP contribution in [-0.4, -0.2) is 57.0 Å². The third-order valence-electron chi connectivity index (χ3n) is 7.38. The van der Waals surface area contributed by atoms with Crippen molar-refractivity contribution in [3.63, 3.8) is 0 Å². The van der Waals surface area contributed by atoms with Crippen molar-refractivity contribution in [2.75, 3.05) is 26.4 Å². The van der Waals surface area contributed by atoms with Gasteiger partial charge < -0.3 is 23.7 Å². The van der Waals surface area contributed by atoms with Crippen LogP contribution in [0.25, 0.3) is 0 Å². The first-order valence-electron chi connectivity index (χ1n) is 14.4. The van der Waals surface area contributed by atoms with Crippen molar-refractivity contribution in [2.24, 2.45) is 11.8 Å². The molecule has 3 fully saturated rings. The van der Waals surface area contributed by atoms with Crippen molar-refractivity contribution in [1.82, 2.24) is 0 Å². The Kier molecular flexibility index (Phi) is 13.1. The SMILES string of the molecule is CC(C)=CC(=CCOC1CCCCO1)C(=O)C(C)C[C@H](C)CC1OCCCCC1OC1CCCCO1. The molecule has 3 rings (SSSR count). The lowest BCUT2D eigenvalue weighted by molar-refractivity contribution is -0.212. The number of ketones is 1. The number of allylic oxidation sites excluding steroid dienone is 3. The van der Waals surface area contributed by atoms with E-state index in [-0.39, 0.29) is 36.5 Å². The standard InChI is InChI=1S/C30H50O6/c1-22(2)19-25(14-18-35-28-12-6-9-16-33-28)30(31)24(4)20-23(3)21-27-26(11-5-8-15-32-27)36-29-13-7-10-17-34-29/h14,19,23-24,26-29H,5-13,15-18,20-21H2,1-4H3/t23-,24?,26?,27?,28?,29?/m0/s1. The minimum Gasteiger partial charge on any atom is -0.376 e. The summed E-state index contributed by atoms with van der Waals surface area (Å²) in [5, 5.41) is 0. The number of rotatable bonds is 12. The molecule has 0 aromatic carbocycles. The van der Waals surface area contributed by atoms with Gasteiger partial charge in [0.2, 0.25) is 0 Å². The molecule has 0 aromatic rings. The molecule has 36 heavy (non-hydrogen) atoms. The zero-order chi connectivity index (χ0) is 25.8. The van der Waals surface area contributed by atoms with E-state index < -0.39 is 0 Å². The monoisotopic (exact) mass is 506 g/mol. The summed E-state index contributed by atoms with van der Waals surface area (Å²) in [7, 11) is 0. The second kappa shape index (κ2) is 16.0. The lowest BCUT2D eigenvalue weighted by Crippen LogP contribution is -2.37. The molecule has 6 atom stereocenters. The Morgan fingerprint density at radius 3 is 2.17 bits per heavy atom. The third-order valence-corrected chi connectivity index (χ3v) is 7.38. The Balaban J connectivity index is 1.53. The van der Waals surface area contributed by atoms with E-state index >= 15 is 0 Å². The van der Waals surface area contributed by atoms with Crippen molar-refractivity contribution < 1.29 is 28.5 Å². The molecule has 0 N–H and O–H groups in total. The maximum Gasteiger partial charge on any atom is 0.165 e. The Morgan fingerprint density at radius 1 is 0.889 bits per heavy atom. The van der Waals surface area contributed by atoms with Crippen molar-refractivity contribution in [1.29, 1.82) is 0 Å². The number of ether oxygens (including phenoxy) is 5. The molecule has 0 amide bonds. The minimum absolute atomic E-state index is 0.0621. The van der Waals surface area contributed by atoms with Gasteiger partial charge in [-0.25, -0.2) is 0 Å². The van der Waals surface area contributed by atoms with Crippen molar-refractivity contribution in [3.8, 4) is 0 Å². The maximum atomic E-state index is 13.4. The van der Waals surface area contributed by atoms with Gasteiger partial charge >= 0.3 is 0 Å². The summed E-state index contributed by atoms with van der Waals surface area (Å²) in [6, 6.07) is 0. The fourth-order valence-electron chi connectivity index (χ4n) is 5.48. The Labute approximate surface area is 219 Å².